The van der Waals surface area contributed by atoms with E-state index in [1.165, 1.54) is 0 Å². The molecule has 6 nitrogen and oxygen atoms in total. The van der Waals surface area contributed by atoms with E-state index in [4.69, 9.17) is 21.9 Å². The molecule has 0 amide bonds. The monoisotopic (exact) mass is 239 g/mol. The Bertz CT molecular complexity index is 478. The highest BCUT2D eigenvalue weighted by Gasteiger charge is 2.03. The summed E-state index contributed by atoms with van der Waals surface area (Å²) in [6, 6.07) is 3.42. The summed E-state index contributed by atoms with van der Waals surface area (Å²) in [5.41, 5.74) is 6.23. The van der Waals surface area contributed by atoms with Crippen LogP contribution in [0.2, 0.25) is 5.15 Å². The van der Waals surface area contributed by atoms with E-state index in [-0.39, 0.29) is 5.95 Å². The summed E-state index contributed by atoms with van der Waals surface area (Å²) in [6.45, 7) is 2.32. The maximum Gasteiger partial charge on any atom is 0.223 e. The number of nitrogens with two attached hydrogens (primary N) is 1. The second-order valence-electron chi connectivity index (χ2n) is 3.22. The Morgan fingerprint density at radius 1 is 1.44 bits per heavy atom. The van der Waals surface area contributed by atoms with Crippen molar-refractivity contribution in [1.29, 1.82) is 0 Å². The molecule has 16 heavy (non-hydrogen) atoms. The molecule has 3 N–H and O–H groups in total. The van der Waals surface area contributed by atoms with Crippen molar-refractivity contribution in [2.45, 2.75) is 13.5 Å². The quantitative estimate of drug-likeness (QED) is 0.791. The van der Waals surface area contributed by atoms with Gasteiger partial charge in [-0.05, 0) is 6.92 Å². The molecule has 2 heterocycles. The highest BCUT2D eigenvalue weighted by molar-refractivity contribution is 6.29. The first-order chi connectivity index (χ1) is 7.63. The third-order valence-electron chi connectivity index (χ3n) is 1.84. The Morgan fingerprint density at radius 3 is 2.88 bits per heavy atom. The summed E-state index contributed by atoms with van der Waals surface area (Å²) in [6.07, 6.45) is 0. The van der Waals surface area contributed by atoms with Crippen LogP contribution in [0.15, 0.2) is 16.7 Å². The number of halogens is 1. The lowest BCUT2D eigenvalue weighted by Gasteiger charge is -2.03. The Balaban J connectivity index is 2.04. The third kappa shape index (κ3) is 2.60. The second-order valence-corrected chi connectivity index (χ2v) is 3.60. The SMILES string of the molecule is Cc1cc(CNc2cc(Cl)nc(N)n2)no1. The zero-order valence-electron chi connectivity index (χ0n) is 8.57. The number of nitrogens with zero attached hydrogens (tertiary/aromatic N) is 3. The summed E-state index contributed by atoms with van der Waals surface area (Å²) in [4.78, 5) is 7.72. The molecule has 0 fully saturated rings. The van der Waals surface area contributed by atoms with Gasteiger partial charge in [-0.3, -0.25) is 0 Å². The van der Waals surface area contributed by atoms with Gasteiger partial charge in [-0.15, -0.1) is 0 Å². The zero-order valence-corrected chi connectivity index (χ0v) is 9.32. The minimum absolute atomic E-state index is 0.131. The zero-order chi connectivity index (χ0) is 11.5. The summed E-state index contributed by atoms with van der Waals surface area (Å²) in [5.74, 6) is 1.45. The third-order valence-corrected chi connectivity index (χ3v) is 2.03. The van der Waals surface area contributed by atoms with Crippen molar-refractivity contribution < 1.29 is 4.52 Å². The van der Waals surface area contributed by atoms with Gasteiger partial charge < -0.3 is 15.6 Å². The number of aryl methyl sites for hydroxylation is 1. The van der Waals surface area contributed by atoms with Crippen LogP contribution in [0.25, 0.3) is 0 Å². The molecule has 0 atom stereocenters. The van der Waals surface area contributed by atoms with Crippen molar-refractivity contribution in [3.63, 3.8) is 0 Å². The molecule has 84 valence electrons. The lowest BCUT2D eigenvalue weighted by atomic mass is 10.4. The van der Waals surface area contributed by atoms with Crippen LogP contribution in [0.4, 0.5) is 11.8 Å². The number of hydrogen-bond donors (Lipinski definition) is 2. The van der Waals surface area contributed by atoms with Gasteiger partial charge in [0.05, 0.1) is 6.54 Å². The molecule has 2 aromatic heterocycles. The fraction of sp³-hybridized carbons (Fsp3) is 0.222. The minimum Gasteiger partial charge on any atom is -0.368 e. The smallest absolute Gasteiger partial charge is 0.223 e. The molecule has 0 aliphatic heterocycles. The fourth-order valence-corrected chi connectivity index (χ4v) is 1.40. The van der Waals surface area contributed by atoms with E-state index in [1.807, 2.05) is 13.0 Å². The van der Waals surface area contributed by atoms with Gasteiger partial charge in [0.25, 0.3) is 0 Å². The van der Waals surface area contributed by atoms with Gasteiger partial charge in [0.15, 0.2) is 0 Å². The normalized spacial score (nSPS) is 10.4. The van der Waals surface area contributed by atoms with E-state index in [0.29, 0.717) is 17.5 Å². The molecule has 0 aromatic carbocycles. The summed E-state index contributed by atoms with van der Waals surface area (Å²) < 4.78 is 4.93. The maximum atomic E-state index is 5.73. The van der Waals surface area contributed by atoms with Crippen molar-refractivity contribution >= 4 is 23.4 Å². The molecule has 0 aliphatic rings. The first kappa shape index (κ1) is 10.7. The molecule has 0 bridgehead atoms. The number of anilines is 2. The van der Waals surface area contributed by atoms with Crippen molar-refractivity contribution in [3.8, 4) is 0 Å². The number of rotatable bonds is 3. The van der Waals surface area contributed by atoms with Crippen molar-refractivity contribution in [2.75, 3.05) is 11.1 Å². The molecule has 0 aliphatic carbocycles. The van der Waals surface area contributed by atoms with Gasteiger partial charge in [0.1, 0.15) is 22.4 Å². The van der Waals surface area contributed by atoms with Crippen molar-refractivity contribution in [2.24, 2.45) is 0 Å². The Labute approximate surface area is 96.8 Å². The van der Waals surface area contributed by atoms with Gasteiger partial charge in [-0.2, -0.15) is 4.98 Å². The van der Waals surface area contributed by atoms with Crippen LogP contribution >= 0.6 is 11.6 Å². The van der Waals surface area contributed by atoms with Crippen LogP contribution in [-0.2, 0) is 6.54 Å². The van der Waals surface area contributed by atoms with Crippen LogP contribution in [-0.4, -0.2) is 15.1 Å². The predicted molar refractivity (Wildman–Crippen MR) is 60.0 cm³/mol. The van der Waals surface area contributed by atoms with E-state index < -0.39 is 0 Å². The molecule has 0 radical (unpaired) electrons. The van der Waals surface area contributed by atoms with Gasteiger partial charge in [-0.25, -0.2) is 4.98 Å². The lowest BCUT2D eigenvalue weighted by Crippen LogP contribution is -2.04. The first-order valence-corrected chi connectivity index (χ1v) is 4.97. The molecular formula is C9H10ClN5O. The van der Waals surface area contributed by atoms with Crippen LogP contribution in [0, 0.1) is 6.92 Å². The highest BCUT2D eigenvalue weighted by Crippen LogP contribution is 2.13. The van der Waals surface area contributed by atoms with Crippen molar-refractivity contribution in [3.05, 3.63) is 28.7 Å². The van der Waals surface area contributed by atoms with E-state index >= 15 is 0 Å². The van der Waals surface area contributed by atoms with Gasteiger partial charge in [0, 0.05) is 12.1 Å². The lowest BCUT2D eigenvalue weighted by molar-refractivity contribution is 0.391. The van der Waals surface area contributed by atoms with Crippen LogP contribution in [0.3, 0.4) is 0 Å². The Morgan fingerprint density at radius 2 is 2.25 bits per heavy atom. The molecule has 0 unspecified atom stereocenters. The molecule has 0 saturated heterocycles. The van der Waals surface area contributed by atoms with Gasteiger partial charge >= 0.3 is 0 Å². The second kappa shape index (κ2) is 4.36. The standard InChI is InChI=1S/C9H10ClN5O/c1-5-2-6(15-16-5)4-12-8-3-7(10)13-9(11)14-8/h2-3H,4H2,1H3,(H3,11,12,13,14). The molecule has 0 saturated carbocycles. The number of aromatic nitrogens is 3. The first-order valence-electron chi connectivity index (χ1n) is 4.59. The molecular weight excluding hydrogens is 230 g/mol. The number of hydrogen-bond acceptors (Lipinski definition) is 6. The average molecular weight is 240 g/mol. The maximum absolute atomic E-state index is 5.73. The molecule has 7 heteroatoms. The van der Waals surface area contributed by atoms with Crippen molar-refractivity contribution in [1.82, 2.24) is 15.1 Å². The number of nitrogens with one attached hydrogen (secondary N) is 1. The summed E-state index contributed by atoms with van der Waals surface area (Å²) >= 11 is 5.73. The Kier molecular flexibility index (Phi) is 2.91. The molecule has 2 aromatic rings. The number of nitrogen functional groups attached to an aromatic ring is 1. The van der Waals surface area contributed by atoms with E-state index in [0.717, 1.165) is 11.5 Å². The summed E-state index contributed by atoms with van der Waals surface area (Å²) in [7, 11) is 0. The van der Waals surface area contributed by atoms with E-state index in [1.54, 1.807) is 6.07 Å². The van der Waals surface area contributed by atoms with E-state index in [2.05, 4.69) is 20.4 Å². The van der Waals surface area contributed by atoms with Gasteiger partial charge in [0.2, 0.25) is 5.95 Å². The molecule has 2 rings (SSSR count). The van der Waals surface area contributed by atoms with E-state index in [9.17, 15) is 0 Å². The van der Waals surface area contributed by atoms with Crippen LogP contribution < -0.4 is 11.1 Å². The fourth-order valence-electron chi connectivity index (χ4n) is 1.21. The van der Waals surface area contributed by atoms with Crippen LogP contribution in [0.1, 0.15) is 11.5 Å². The largest absolute Gasteiger partial charge is 0.368 e. The van der Waals surface area contributed by atoms with Gasteiger partial charge in [-0.1, -0.05) is 16.8 Å². The predicted octanol–water partition coefficient (Wildman–Crippen LogP) is 1.62. The minimum atomic E-state index is 0.131. The van der Waals surface area contributed by atoms with Crippen LogP contribution in [0.5, 0.6) is 0 Å². The summed E-state index contributed by atoms with van der Waals surface area (Å²) in [5, 5.41) is 7.15. The highest BCUT2D eigenvalue weighted by atomic mass is 35.5. The molecule has 0 spiro atoms. The Hall–Kier alpha value is -1.82. The average Bonchev–Trinajstić information content (AvgIpc) is 2.60. The topological polar surface area (TPSA) is 89.9 Å².